The first kappa shape index (κ1) is 40.4. The predicted octanol–water partition coefficient (Wildman–Crippen LogP) is 8.37. The maximum Gasteiger partial charge on any atom is 0.407 e. The van der Waals surface area contributed by atoms with E-state index in [-0.39, 0.29) is 44.3 Å². The van der Waals surface area contributed by atoms with Crippen molar-refractivity contribution in [2.24, 2.45) is 5.92 Å². The molecule has 1 amide bonds. The van der Waals surface area contributed by atoms with Gasteiger partial charge in [-0.05, 0) is 40.6 Å². The van der Waals surface area contributed by atoms with Crippen molar-refractivity contribution in [1.82, 2.24) is 5.32 Å². The van der Waals surface area contributed by atoms with Gasteiger partial charge in [0.15, 0.2) is 0 Å². The number of carbonyl (C=O) groups excluding carboxylic acids is 4. The van der Waals surface area contributed by atoms with Crippen molar-refractivity contribution in [1.29, 1.82) is 0 Å². The molecule has 13 heteroatoms. The topological polar surface area (TPSA) is 117 Å². The Hall–Kier alpha value is -3.05. The molecule has 2 unspecified atom stereocenters. The fourth-order valence-electron chi connectivity index (χ4n) is 5.19. The molecule has 0 heterocycles. The van der Waals surface area contributed by atoms with Crippen LogP contribution < -0.4 is 5.32 Å². The molecule has 0 saturated heterocycles. The Balaban J connectivity index is 1.60. The Morgan fingerprint density at radius 3 is 2.06 bits per heavy atom. The number of ether oxygens (including phenoxy) is 4. The van der Waals surface area contributed by atoms with Crippen LogP contribution in [0.3, 0.4) is 0 Å². The van der Waals surface area contributed by atoms with E-state index in [4.69, 9.17) is 53.8 Å². The first-order valence-electron chi connectivity index (χ1n) is 16.4. The van der Waals surface area contributed by atoms with E-state index in [2.05, 4.69) is 37.1 Å². The van der Waals surface area contributed by atoms with Crippen LogP contribution >= 0.6 is 34.8 Å². The lowest BCUT2D eigenvalue weighted by Gasteiger charge is -2.24. The standard InChI is InChI=1S/C36H46Cl3NO8Si/c1-24(2)33(40-35(44)46-22-30-28-16-11-9-14-26(28)27-15-10-12-17-29(27)30)34(43)48-25(21-32(42)45-19-20-49(3,4)5)13-7-6-8-18-31(41)47-23-36(37,38)39/h6-7,9-12,14-17,24-25,30,33H,8,13,18-23H2,1-5H3,(H,40,44). The van der Waals surface area contributed by atoms with Crippen LogP contribution in [0.15, 0.2) is 60.7 Å². The van der Waals surface area contributed by atoms with E-state index in [0.29, 0.717) is 13.0 Å². The van der Waals surface area contributed by atoms with Crippen molar-refractivity contribution in [2.75, 3.05) is 19.8 Å². The van der Waals surface area contributed by atoms with Gasteiger partial charge in [0.05, 0.1) is 13.0 Å². The van der Waals surface area contributed by atoms with Crippen LogP contribution in [-0.2, 0) is 33.3 Å². The summed E-state index contributed by atoms with van der Waals surface area (Å²) in [6.07, 6.45) is 2.15. The Morgan fingerprint density at radius 1 is 0.878 bits per heavy atom. The number of alkyl carbamates (subject to hydrolysis) is 1. The number of rotatable bonds is 17. The molecular weight excluding hydrogens is 709 g/mol. The zero-order chi connectivity index (χ0) is 36.2. The molecular formula is C36H46Cl3NO8Si. The number of allylic oxidation sites excluding steroid dienone is 1. The van der Waals surface area contributed by atoms with Crippen LogP contribution in [-0.4, -0.2) is 67.8 Å². The van der Waals surface area contributed by atoms with Gasteiger partial charge in [0.25, 0.3) is 0 Å². The molecule has 3 rings (SSSR count). The van der Waals surface area contributed by atoms with Crippen LogP contribution in [0.4, 0.5) is 4.79 Å². The van der Waals surface area contributed by atoms with Crippen LogP contribution in [0.2, 0.25) is 25.7 Å². The Kier molecular flexibility index (Phi) is 15.5. The second kappa shape index (κ2) is 18.8. The molecule has 1 aliphatic rings. The van der Waals surface area contributed by atoms with Gasteiger partial charge in [-0.3, -0.25) is 9.59 Å². The van der Waals surface area contributed by atoms with Gasteiger partial charge >= 0.3 is 24.0 Å². The van der Waals surface area contributed by atoms with Gasteiger partial charge in [-0.2, -0.15) is 0 Å². The molecule has 9 nitrogen and oxygen atoms in total. The molecule has 2 aromatic carbocycles. The monoisotopic (exact) mass is 753 g/mol. The summed E-state index contributed by atoms with van der Waals surface area (Å²) in [5.41, 5.74) is 4.36. The lowest BCUT2D eigenvalue weighted by molar-refractivity contribution is -0.157. The molecule has 268 valence electrons. The van der Waals surface area contributed by atoms with Crippen molar-refractivity contribution >= 4 is 66.9 Å². The van der Waals surface area contributed by atoms with E-state index >= 15 is 0 Å². The maximum atomic E-state index is 13.4. The van der Waals surface area contributed by atoms with Crippen LogP contribution in [0.25, 0.3) is 11.1 Å². The van der Waals surface area contributed by atoms with Crippen molar-refractivity contribution in [2.45, 2.75) is 87.1 Å². The molecule has 0 bridgehead atoms. The largest absolute Gasteiger partial charge is 0.466 e. The average molecular weight is 755 g/mol. The first-order valence-corrected chi connectivity index (χ1v) is 21.2. The van der Waals surface area contributed by atoms with Crippen molar-refractivity contribution in [3.63, 3.8) is 0 Å². The number of alkyl halides is 3. The SMILES string of the molecule is CC(C)C(NC(=O)OCC1c2ccccc2-c2ccccc21)C(=O)OC(CC=CCCC(=O)OCC(Cl)(Cl)Cl)CC(=O)OCC[Si](C)(C)C. The highest BCUT2D eigenvalue weighted by Crippen LogP contribution is 2.44. The Labute approximate surface area is 304 Å². The quantitative estimate of drug-likeness (QED) is 0.0563. The molecule has 0 radical (unpaired) electrons. The summed E-state index contributed by atoms with van der Waals surface area (Å²) in [6, 6.07) is 15.8. The van der Waals surface area contributed by atoms with Gasteiger partial charge in [-0.25, -0.2) is 9.59 Å². The third-order valence-corrected chi connectivity index (χ3v) is 9.84. The number of fused-ring (bicyclic) bond motifs is 3. The van der Waals surface area contributed by atoms with Crippen molar-refractivity contribution in [3.05, 3.63) is 71.8 Å². The van der Waals surface area contributed by atoms with Crippen molar-refractivity contribution < 1.29 is 38.1 Å². The summed E-state index contributed by atoms with van der Waals surface area (Å²) in [7, 11) is -1.43. The Morgan fingerprint density at radius 2 is 1.49 bits per heavy atom. The first-order chi connectivity index (χ1) is 23.0. The van der Waals surface area contributed by atoms with E-state index in [1.807, 2.05) is 36.4 Å². The summed E-state index contributed by atoms with van der Waals surface area (Å²) in [5.74, 6) is -2.21. The van der Waals surface area contributed by atoms with E-state index in [1.54, 1.807) is 26.0 Å². The normalized spacial score (nSPS) is 14.1. The number of benzene rings is 2. The molecule has 2 aromatic rings. The van der Waals surface area contributed by atoms with Crippen molar-refractivity contribution in [3.8, 4) is 11.1 Å². The highest BCUT2D eigenvalue weighted by molar-refractivity contribution is 6.76. The van der Waals surface area contributed by atoms with Gasteiger partial charge in [-0.15, -0.1) is 0 Å². The second-order valence-corrected chi connectivity index (χ2v) is 21.6. The molecule has 2 atom stereocenters. The number of halogens is 3. The summed E-state index contributed by atoms with van der Waals surface area (Å²) in [5, 5.41) is 2.66. The third kappa shape index (κ3) is 14.0. The van der Waals surface area contributed by atoms with Gasteiger partial charge in [0.1, 0.15) is 25.4 Å². The van der Waals surface area contributed by atoms with E-state index in [9.17, 15) is 19.2 Å². The predicted molar refractivity (Wildman–Crippen MR) is 195 cm³/mol. The molecule has 49 heavy (non-hydrogen) atoms. The summed E-state index contributed by atoms with van der Waals surface area (Å²) in [6.45, 7) is 10.1. The van der Waals surface area contributed by atoms with Gasteiger partial charge < -0.3 is 24.3 Å². The number of esters is 3. The minimum atomic E-state index is -1.69. The average Bonchev–Trinajstić information content (AvgIpc) is 3.33. The number of hydrogen-bond donors (Lipinski definition) is 1. The molecule has 1 aliphatic carbocycles. The van der Waals surface area contributed by atoms with Gasteiger partial charge in [0, 0.05) is 26.8 Å². The number of amides is 1. The van der Waals surface area contributed by atoms with E-state index in [1.165, 1.54) is 0 Å². The molecule has 1 N–H and O–H groups in total. The minimum absolute atomic E-state index is 0.0416. The van der Waals surface area contributed by atoms with Crippen LogP contribution in [0.5, 0.6) is 0 Å². The zero-order valence-corrected chi connectivity index (χ0v) is 31.9. The third-order valence-electron chi connectivity index (χ3n) is 7.81. The maximum absolute atomic E-state index is 13.4. The lowest BCUT2D eigenvalue weighted by Crippen LogP contribution is -2.46. The number of nitrogens with one attached hydrogen (secondary N) is 1. The molecule has 0 spiro atoms. The fraction of sp³-hybridized carbons (Fsp3) is 0.500. The van der Waals surface area contributed by atoms with Crippen LogP contribution in [0, 0.1) is 5.92 Å². The highest BCUT2D eigenvalue weighted by atomic mass is 35.6. The summed E-state index contributed by atoms with van der Waals surface area (Å²) < 4.78 is 20.1. The van der Waals surface area contributed by atoms with Gasteiger partial charge in [0.2, 0.25) is 3.79 Å². The zero-order valence-electron chi connectivity index (χ0n) is 28.6. The smallest absolute Gasteiger partial charge is 0.407 e. The van der Waals surface area contributed by atoms with E-state index in [0.717, 1.165) is 28.3 Å². The second-order valence-electron chi connectivity index (χ2n) is 13.5. The minimum Gasteiger partial charge on any atom is -0.466 e. The highest BCUT2D eigenvalue weighted by Gasteiger charge is 2.32. The fourth-order valence-corrected chi connectivity index (χ4v) is 6.07. The molecule has 0 fully saturated rings. The summed E-state index contributed by atoms with van der Waals surface area (Å²) in [4.78, 5) is 51.1. The molecule has 0 saturated carbocycles. The summed E-state index contributed by atoms with van der Waals surface area (Å²) >= 11 is 16.8. The van der Waals surface area contributed by atoms with Crippen LogP contribution in [0.1, 0.15) is 56.6 Å². The number of carbonyl (C=O) groups is 4. The van der Waals surface area contributed by atoms with Gasteiger partial charge in [-0.1, -0.05) is 129 Å². The lowest BCUT2D eigenvalue weighted by atomic mass is 9.98. The number of hydrogen-bond acceptors (Lipinski definition) is 8. The molecule has 0 aliphatic heterocycles. The molecule has 0 aromatic heterocycles. The Bertz CT molecular complexity index is 1430. The van der Waals surface area contributed by atoms with E-state index < -0.39 is 48.0 Å².